The number of fused-ring (bicyclic) bond motifs is 1. The first kappa shape index (κ1) is 22.9. The first-order valence-electron chi connectivity index (χ1n) is 12.0. The Morgan fingerprint density at radius 3 is 2.29 bits per heavy atom. The van der Waals surface area contributed by atoms with E-state index >= 15 is 0 Å². The van der Waals surface area contributed by atoms with Crippen LogP contribution in [-0.4, -0.2) is 41.1 Å². The monoisotopic (exact) mass is 471 g/mol. The number of hydrogen-bond donors (Lipinski definition) is 1. The van der Waals surface area contributed by atoms with E-state index < -0.39 is 6.04 Å². The molecular formula is C28H29N3O4. The topological polar surface area (TPSA) is 85.1 Å². The molecule has 0 spiro atoms. The minimum Gasteiger partial charge on any atom is -0.454 e. The SMILES string of the molecule is NCCCC[C@H]1C(=O)N(Cc2ccc3c(c2)OCO3)C(=O)N1Cc1ccc(-c2ccccc2)cc1. The Morgan fingerprint density at radius 1 is 0.800 bits per heavy atom. The Bertz CT molecular complexity index is 1200. The van der Waals surface area contributed by atoms with E-state index in [0.717, 1.165) is 35.1 Å². The molecule has 0 radical (unpaired) electrons. The molecule has 3 amide bonds. The first-order chi connectivity index (χ1) is 17.1. The van der Waals surface area contributed by atoms with Gasteiger partial charge in [-0.25, -0.2) is 4.79 Å². The van der Waals surface area contributed by atoms with Crippen LogP contribution >= 0.6 is 0 Å². The van der Waals surface area contributed by atoms with E-state index in [2.05, 4.69) is 24.3 Å². The van der Waals surface area contributed by atoms with E-state index in [4.69, 9.17) is 15.2 Å². The summed E-state index contributed by atoms with van der Waals surface area (Å²) in [6.07, 6.45) is 2.21. The number of benzene rings is 3. The lowest BCUT2D eigenvalue weighted by molar-refractivity contribution is -0.129. The number of nitrogens with zero attached hydrogens (tertiary/aromatic N) is 2. The third-order valence-corrected chi connectivity index (χ3v) is 6.53. The molecule has 180 valence electrons. The number of urea groups is 1. The molecule has 0 aliphatic carbocycles. The summed E-state index contributed by atoms with van der Waals surface area (Å²) in [6, 6.07) is 23.1. The molecule has 7 heteroatoms. The van der Waals surface area contributed by atoms with Crippen LogP contribution < -0.4 is 15.2 Å². The fourth-order valence-electron chi connectivity index (χ4n) is 4.63. The summed E-state index contributed by atoms with van der Waals surface area (Å²) in [4.78, 5) is 29.9. The fraction of sp³-hybridized carbons (Fsp3) is 0.286. The standard InChI is InChI=1S/C28H29N3O4/c29-15-5-4-8-24-27(32)31(18-21-11-14-25-26(16-21)35-19-34-25)28(33)30(24)17-20-9-12-23(13-10-20)22-6-2-1-3-7-22/h1-3,6-7,9-14,16,24H,4-5,8,15,17-19,29H2/t24-/m0/s1. The Hall–Kier alpha value is -3.84. The van der Waals surface area contributed by atoms with Crippen molar-refractivity contribution in [2.24, 2.45) is 5.73 Å². The maximum atomic E-state index is 13.4. The van der Waals surface area contributed by atoms with Gasteiger partial charge in [0.25, 0.3) is 5.91 Å². The molecule has 1 saturated heterocycles. The van der Waals surface area contributed by atoms with Crippen LogP contribution in [0.1, 0.15) is 30.4 Å². The van der Waals surface area contributed by atoms with Crippen LogP contribution in [0.3, 0.4) is 0 Å². The molecule has 0 aromatic heterocycles. The normalized spacial score (nSPS) is 16.9. The summed E-state index contributed by atoms with van der Waals surface area (Å²) in [5, 5.41) is 0. The highest BCUT2D eigenvalue weighted by molar-refractivity contribution is 6.04. The van der Waals surface area contributed by atoms with Gasteiger partial charge in [-0.05, 0) is 60.2 Å². The predicted octanol–water partition coefficient (Wildman–Crippen LogP) is 4.54. The van der Waals surface area contributed by atoms with Gasteiger partial charge in [-0.2, -0.15) is 0 Å². The molecule has 1 fully saturated rings. The molecule has 0 bridgehead atoms. The summed E-state index contributed by atoms with van der Waals surface area (Å²) in [6.45, 7) is 1.33. The lowest BCUT2D eigenvalue weighted by Gasteiger charge is -2.22. The molecule has 2 heterocycles. The lowest BCUT2D eigenvalue weighted by atomic mass is 10.0. The van der Waals surface area contributed by atoms with E-state index in [1.807, 2.05) is 48.5 Å². The molecule has 1 atom stereocenters. The van der Waals surface area contributed by atoms with Crippen molar-refractivity contribution in [3.63, 3.8) is 0 Å². The highest BCUT2D eigenvalue weighted by Gasteiger charge is 2.44. The van der Waals surface area contributed by atoms with Gasteiger partial charge < -0.3 is 20.1 Å². The molecule has 5 rings (SSSR count). The Balaban J connectivity index is 1.34. The molecule has 2 N–H and O–H groups in total. The number of amides is 3. The summed E-state index contributed by atoms with van der Waals surface area (Å²) >= 11 is 0. The fourth-order valence-corrected chi connectivity index (χ4v) is 4.63. The molecule has 3 aromatic rings. The number of carbonyl (C=O) groups excluding carboxylic acids is 2. The number of imide groups is 1. The van der Waals surface area contributed by atoms with Crippen LogP contribution in [0, 0.1) is 0 Å². The van der Waals surface area contributed by atoms with Crippen molar-refractivity contribution in [3.8, 4) is 22.6 Å². The first-order valence-corrected chi connectivity index (χ1v) is 12.0. The highest BCUT2D eigenvalue weighted by atomic mass is 16.7. The van der Waals surface area contributed by atoms with Crippen LogP contribution in [0.2, 0.25) is 0 Å². The zero-order chi connectivity index (χ0) is 24.2. The van der Waals surface area contributed by atoms with Gasteiger partial charge in [0.05, 0.1) is 6.54 Å². The number of rotatable bonds is 9. The minimum absolute atomic E-state index is 0.161. The van der Waals surface area contributed by atoms with E-state index in [0.29, 0.717) is 31.0 Å². The average molecular weight is 472 g/mol. The molecule has 0 saturated carbocycles. The molecule has 3 aromatic carbocycles. The van der Waals surface area contributed by atoms with Gasteiger partial charge >= 0.3 is 6.03 Å². The minimum atomic E-state index is -0.489. The molecule has 35 heavy (non-hydrogen) atoms. The Labute approximate surface area is 205 Å². The van der Waals surface area contributed by atoms with Crippen LogP contribution in [0.25, 0.3) is 11.1 Å². The van der Waals surface area contributed by atoms with Crippen LogP contribution in [0.5, 0.6) is 11.5 Å². The van der Waals surface area contributed by atoms with Crippen LogP contribution in [0.4, 0.5) is 4.79 Å². The second-order valence-electron chi connectivity index (χ2n) is 8.89. The largest absolute Gasteiger partial charge is 0.454 e. The smallest absolute Gasteiger partial charge is 0.328 e. The summed E-state index contributed by atoms with van der Waals surface area (Å²) in [7, 11) is 0. The molecular weight excluding hydrogens is 442 g/mol. The van der Waals surface area contributed by atoms with Crippen molar-refractivity contribution < 1.29 is 19.1 Å². The Kier molecular flexibility index (Phi) is 6.68. The maximum absolute atomic E-state index is 13.4. The zero-order valence-electron chi connectivity index (χ0n) is 19.6. The van der Waals surface area contributed by atoms with E-state index in [1.54, 1.807) is 4.90 Å². The zero-order valence-corrected chi connectivity index (χ0v) is 19.6. The predicted molar refractivity (Wildman–Crippen MR) is 133 cm³/mol. The average Bonchev–Trinajstić information content (AvgIpc) is 3.44. The number of nitrogens with two attached hydrogens (primary N) is 1. The van der Waals surface area contributed by atoms with Gasteiger partial charge in [0.1, 0.15) is 6.04 Å². The summed E-state index contributed by atoms with van der Waals surface area (Å²) < 4.78 is 10.8. The quantitative estimate of drug-likeness (QED) is 0.366. The maximum Gasteiger partial charge on any atom is 0.328 e. The highest BCUT2D eigenvalue weighted by Crippen LogP contribution is 2.34. The number of carbonyl (C=O) groups is 2. The van der Waals surface area contributed by atoms with E-state index in [-0.39, 0.29) is 25.3 Å². The summed E-state index contributed by atoms with van der Waals surface area (Å²) in [5.74, 6) is 1.15. The van der Waals surface area contributed by atoms with Crippen molar-refractivity contribution in [1.29, 1.82) is 0 Å². The van der Waals surface area contributed by atoms with Crippen LogP contribution in [0.15, 0.2) is 72.8 Å². The lowest BCUT2D eigenvalue weighted by Crippen LogP contribution is -2.34. The number of ether oxygens (including phenoxy) is 2. The molecule has 7 nitrogen and oxygen atoms in total. The van der Waals surface area contributed by atoms with Crippen molar-refractivity contribution in [2.75, 3.05) is 13.3 Å². The number of hydrogen-bond acceptors (Lipinski definition) is 5. The van der Waals surface area contributed by atoms with Gasteiger partial charge in [-0.3, -0.25) is 9.69 Å². The van der Waals surface area contributed by atoms with Gasteiger partial charge in [0.2, 0.25) is 6.79 Å². The molecule has 2 aliphatic heterocycles. The van der Waals surface area contributed by atoms with Crippen LogP contribution in [-0.2, 0) is 17.9 Å². The van der Waals surface area contributed by atoms with Gasteiger partial charge in [-0.15, -0.1) is 0 Å². The van der Waals surface area contributed by atoms with Crippen molar-refractivity contribution in [2.45, 2.75) is 38.4 Å². The third-order valence-electron chi connectivity index (χ3n) is 6.53. The third kappa shape index (κ3) is 4.86. The molecule has 2 aliphatic rings. The second-order valence-corrected chi connectivity index (χ2v) is 8.89. The molecule has 0 unspecified atom stereocenters. The van der Waals surface area contributed by atoms with E-state index in [1.165, 1.54) is 4.90 Å². The van der Waals surface area contributed by atoms with Crippen molar-refractivity contribution >= 4 is 11.9 Å². The van der Waals surface area contributed by atoms with Gasteiger partial charge in [-0.1, -0.05) is 60.7 Å². The summed E-state index contributed by atoms with van der Waals surface area (Å²) in [5.41, 5.74) is 9.74. The number of unbranched alkanes of at least 4 members (excludes halogenated alkanes) is 1. The van der Waals surface area contributed by atoms with Crippen molar-refractivity contribution in [3.05, 3.63) is 83.9 Å². The van der Waals surface area contributed by atoms with Gasteiger partial charge in [0.15, 0.2) is 11.5 Å². The van der Waals surface area contributed by atoms with E-state index in [9.17, 15) is 9.59 Å². The van der Waals surface area contributed by atoms with Crippen molar-refractivity contribution in [1.82, 2.24) is 9.80 Å². The van der Waals surface area contributed by atoms with Gasteiger partial charge in [0, 0.05) is 6.54 Å². The Morgan fingerprint density at radius 2 is 1.51 bits per heavy atom. The second kappa shape index (κ2) is 10.2.